The molecule has 0 saturated carbocycles. The Bertz CT molecular complexity index is 822. The molecule has 0 aliphatic rings. The first-order chi connectivity index (χ1) is 10.7. The summed E-state index contributed by atoms with van der Waals surface area (Å²) in [5, 5.41) is 0.774. The lowest BCUT2D eigenvalue weighted by molar-refractivity contribution is -0.112. The van der Waals surface area contributed by atoms with Gasteiger partial charge < -0.3 is 9.72 Å². The highest BCUT2D eigenvalue weighted by Gasteiger charge is 2.10. The number of benzene rings is 1. The van der Waals surface area contributed by atoms with E-state index in [0.29, 0.717) is 18.1 Å². The predicted octanol–water partition coefficient (Wildman–Crippen LogP) is 3.14. The van der Waals surface area contributed by atoms with E-state index in [1.54, 1.807) is 12.3 Å². The molecule has 22 heavy (non-hydrogen) atoms. The van der Waals surface area contributed by atoms with Crippen molar-refractivity contribution in [1.29, 1.82) is 0 Å². The van der Waals surface area contributed by atoms with Crippen LogP contribution in [0.15, 0.2) is 48.9 Å². The molecule has 5 nitrogen and oxygen atoms in total. The summed E-state index contributed by atoms with van der Waals surface area (Å²) in [5.74, 6) is 0.483. The average molecular weight is 293 g/mol. The molecular formula is C17H15N3O2. The van der Waals surface area contributed by atoms with Gasteiger partial charge in [0.25, 0.3) is 0 Å². The number of aromatic nitrogens is 3. The fourth-order valence-corrected chi connectivity index (χ4v) is 2.13. The largest absolute Gasteiger partial charge is 0.472 e. The zero-order valence-electron chi connectivity index (χ0n) is 12.1. The predicted molar refractivity (Wildman–Crippen MR) is 84.4 cm³/mol. The van der Waals surface area contributed by atoms with Crippen molar-refractivity contribution in [1.82, 2.24) is 15.0 Å². The molecule has 0 unspecified atom stereocenters. The molecule has 0 bridgehead atoms. The lowest BCUT2D eigenvalue weighted by Gasteiger charge is -2.06. The fraction of sp³-hybridized carbons (Fsp3) is 0.118. The van der Waals surface area contributed by atoms with Crippen LogP contribution in [-0.2, 0) is 11.4 Å². The van der Waals surface area contributed by atoms with Crippen LogP contribution in [0.4, 0.5) is 0 Å². The third-order valence-electron chi connectivity index (χ3n) is 3.18. The Morgan fingerprint density at radius 2 is 2.09 bits per heavy atom. The Balaban J connectivity index is 1.91. The van der Waals surface area contributed by atoms with Gasteiger partial charge in [-0.25, -0.2) is 9.97 Å². The Kier molecular flexibility index (Phi) is 3.96. The Hall–Kier alpha value is -2.95. The molecule has 3 aromatic rings. The minimum atomic E-state index is -0.0158. The first-order valence-electron chi connectivity index (χ1n) is 6.91. The summed E-state index contributed by atoms with van der Waals surface area (Å²) in [5.41, 5.74) is 2.57. The van der Waals surface area contributed by atoms with Gasteiger partial charge in [0.1, 0.15) is 18.6 Å². The maximum absolute atomic E-state index is 11.1. The SMILES string of the molecule is CC(=O)C=Cc1c[nH]c2ncnc(OCc3ccccc3)c12. The maximum Gasteiger partial charge on any atom is 0.227 e. The highest BCUT2D eigenvalue weighted by atomic mass is 16.5. The molecule has 3 rings (SSSR count). The van der Waals surface area contributed by atoms with Gasteiger partial charge in [-0.2, -0.15) is 0 Å². The molecule has 0 fully saturated rings. The van der Waals surface area contributed by atoms with Crippen LogP contribution in [-0.4, -0.2) is 20.7 Å². The second-order valence-corrected chi connectivity index (χ2v) is 4.86. The second kappa shape index (κ2) is 6.22. The third-order valence-corrected chi connectivity index (χ3v) is 3.18. The van der Waals surface area contributed by atoms with E-state index in [-0.39, 0.29) is 5.78 Å². The fourth-order valence-electron chi connectivity index (χ4n) is 2.13. The number of fused-ring (bicyclic) bond motifs is 1. The van der Waals surface area contributed by atoms with Crippen molar-refractivity contribution >= 4 is 22.9 Å². The van der Waals surface area contributed by atoms with E-state index >= 15 is 0 Å². The smallest absolute Gasteiger partial charge is 0.227 e. The summed E-state index contributed by atoms with van der Waals surface area (Å²) in [4.78, 5) is 22.6. The van der Waals surface area contributed by atoms with Gasteiger partial charge >= 0.3 is 0 Å². The van der Waals surface area contributed by atoms with E-state index in [1.165, 1.54) is 19.3 Å². The molecule has 0 radical (unpaired) electrons. The van der Waals surface area contributed by atoms with Gasteiger partial charge in [-0.3, -0.25) is 4.79 Å². The van der Waals surface area contributed by atoms with Gasteiger partial charge in [-0.15, -0.1) is 0 Å². The number of hydrogen-bond donors (Lipinski definition) is 1. The van der Waals surface area contributed by atoms with E-state index in [4.69, 9.17) is 4.74 Å². The minimum Gasteiger partial charge on any atom is -0.472 e. The van der Waals surface area contributed by atoms with Gasteiger partial charge in [0, 0.05) is 11.8 Å². The van der Waals surface area contributed by atoms with Crippen molar-refractivity contribution in [3.05, 3.63) is 60.1 Å². The normalized spacial score (nSPS) is 11.1. The summed E-state index contributed by atoms with van der Waals surface area (Å²) >= 11 is 0. The van der Waals surface area contributed by atoms with Crippen LogP contribution in [0.5, 0.6) is 5.88 Å². The van der Waals surface area contributed by atoms with Crippen molar-refractivity contribution in [2.24, 2.45) is 0 Å². The molecule has 0 amide bonds. The number of hydrogen-bond acceptors (Lipinski definition) is 4. The van der Waals surface area contributed by atoms with Crippen molar-refractivity contribution < 1.29 is 9.53 Å². The van der Waals surface area contributed by atoms with Crippen LogP contribution < -0.4 is 4.74 Å². The number of carbonyl (C=O) groups is 1. The lowest BCUT2D eigenvalue weighted by atomic mass is 10.2. The summed E-state index contributed by atoms with van der Waals surface area (Å²) in [6.07, 6.45) is 6.49. The molecule has 2 heterocycles. The van der Waals surface area contributed by atoms with E-state index in [1.807, 2.05) is 30.3 Å². The zero-order chi connectivity index (χ0) is 15.4. The molecule has 2 aromatic heterocycles. The van der Waals surface area contributed by atoms with Crippen LogP contribution in [0.2, 0.25) is 0 Å². The number of H-pyrrole nitrogens is 1. The quantitative estimate of drug-likeness (QED) is 0.734. The molecule has 0 atom stereocenters. The Labute approximate surface area is 127 Å². The number of rotatable bonds is 5. The first-order valence-corrected chi connectivity index (χ1v) is 6.91. The Morgan fingerprint density at radius 3 is 2.86 bits per heavy atom. The van der Waals surface area contributed by atoms with Crippen LogP contribution >= 0.6 is 0 Å². The van der Waals surface area contributed by atoms with Crippen molar-refractivity contribution in [3.8, 4) is 5.88 Å². The van der Waals surface area contributed by atoms with Crippen LogP contribution in [0.25, 0.3) is 17.1 Å². The molecular weight excluding hydrogens is 278 g/mol. The van der Waals surface area contributed by atoms with Gasteiger partial charge in [-0.1, -0.05) is 30.3 Å². The second-order valence-electron chi connectivity index (χ2n) is 4.86. The van der Waals surface area contributed by atoms with E-state index < -0.39 is 0 Å². The molecule has 0 aliphatic heterocycles. The monoisotopic (exact) mass is 293 g/mol. The van der Waals surface area contributed by atoms with Crippen molar-refractivity contribution in [3.63, 3.8) is 0 Å². The van der Waals surface area contributed by atoms with E-state index in [9.17, 15) is 4.79 Å². The molecule has 0 spiro atoms. The molecule has 0 saturated heterocycles. The zero-order valence-corrected chi connectivity index (χ0v) is 12.1. The number of nitrogens with one attached hydrogen (secondary N) is 1. The van der Waals surface area contributed by atoms with Gasteiger partial charge in [-0.05, 0) is 24.6 Å². The highest BCUT2D eigenvalue weighted by molar-refractivity contribution is 5.96. The number of carbonyl (C=O) groups excluding carboxylic acids is 1. The lowest BCUT2D eigenvalue weighted by Crippen LogP contribution is -1.98. The van der Waals surface area contributed by atoms with Crippen LogP contribution in [0.3, 0.4) is 0 Å². The average Bonchev–Trinajstić information content (AvgIpc) is 2.96. The number of allylic oxidation sites excluding steroid dienone is 1. The Morgan fingerprint density at radius 1 is 1.27 bits per heavy atom. The highest BCUT2D eigenvalue weighted by Crippen LogP contribution is 2.26. The number of nitrogens with zero attached hydrogens (tertiary/aromatic N) is 2. The number of aromatic amines is 1. The standard InChI is InChI=1S/C17H15N3O2/c1-12(21)7-8-14-9-18-16-15(14)17(20-11-19-16)22-10-13-5-3-2-4-6-13/h2-9,11H,10H2,1H3,(H,18,19,20). The van der Waals surface area contributed by atoms with Gasteiger partial charge in [0.05, 0.1) is 5.39 Å². The molecule has 5 heteroatoms. The number of ketones is 1. The molecule has 1 N–H and O–H groups in total. The summed E-state index contributed by atoms with van der Waals surface area (Å²) in [6, 6.07) is 9.87. The molecule has 1 aromatic carbocycles. The topological polar surface area (TPSA) is 67.9 Å². The summed E-state index contributed by atoms with van der Waals surface area (Å²) in [6.45, 7) is 1.93. The van der Waals surface area contributed by atoms with Crippen LogP contribution in [0, 0.1) is 0 Å². The first kappa shape index (κ1) is 14.0. The van der Waals surface area contributed by atoms with Gasteiger partial charge in [0.2, 0.25) is 5.88 Å². The van der Waals surface area contributed by atoms with E-state index in [0.717, 1.165) is 16.5 Å². The number of ether oxygens (including phenoxy) is 1. The summed E-state index contributed by atoms with van der Waals surface area (Å²) in [7, 11) is 0. The third kappa shape index (κ3) is 3.03. The van der Waals surface area contributed by atoms with Crippen molar-refractivity contribution in [2.45, 2.75) is 13.5 Å². The molecule has 0 aliphatic carbocycles. The molecule has 110 valence electrons. The van der Waals surface area contributed by atoms with Crippen LogP contribution in [0.1, 0.15) is 18.1 Å². The maximum atomic E-state index is 11.1. The minimum absolute atomic E-state index is 0.0158. The van der Waals surface area contributed by atoms with Gasteiger partial charge in [0.15, 0.2) is 5.78 Å². The van der Waals surface area contributed by atoms with E-state index in [2.05, 4.69) is 15.0 Å². The van der Waals surface area contributed by atoms with Crippen molar-refractivity contribution in [2.75, 3.05) is 0 Å². The summed E-state index contributed by atoms with van der Waals surface area (Å²) < 4.78 is 5.82.